The lowest BCUT2D eigenvalue weighted by Crippen LogP contribution is -2.17. The second-order valence-electron chi connectivity index (χ2n) is 6.81. The Morgan fingerprint density at radius 3 is 2.59 bits per heavy atom. The van der Waals surface area contributed by atoms with E-state index < -0.39 is 5.82 Å². The van der Waals surface area contributed by atoms with Crippen molar-refractivity contribution in [3.8, 4) is 17.3 Å². The van der Waals surface area contributed by atoms with Crippen LogP contribution >= 0.6 is 0 Å². The third kappa shape index (κ3) is 5.50. The zero-order valence-corrected chi connectivity index (χ0v) is 16.5. The van der Waals surface area contributed by atoms with Gasteiger partial charge in [0.25, 0.3) is 0 Å². The van der Waals surface area contributed by atoms with Gasteiger partial charge in [0.2, 0.25) is 5.95 Å². The molecule has 0 spiro atoms. The molecule has 0 saturated heterocycles. The van der Waals surface area contributed by atoms with E-state index in [1.54, 1.807) is 18.2 Å². The number of nitrogens with zero attached hydrogens (tertiary/aromatic N) is 4. The highest BCUT2D eigenvalue weighted by atomic mass is 19.1. The fourth-order valence-electron chi connectivity index (χ4n) is 2.82. The van der Waals surface area contributed by atoms with Crippen LogP contribution in [0.5, 0.6) is 0 Å². The first-order valence-electron chi connectivity index (χ1n) is 9.35. The Morgan fingerprint density at radius 2 is 1.86 bits per heavy atom. The van der Waals surface area contributed by atoms with Gasteiger partial charge in [-0.3, -0.25) is 0 Å². The lowest BCUT2D eigenvalue weighted by Gasteiger charge is -2.13. The van der Waals surface area contributed by atoms with Gasteiger partial charge in [0.1, 0.15) is 23.3 Å². The molecule has 148 valence electrons. The van der Waals surface area contributed by atoms with Gasteiger partial charge in [0.15, 0.2) is 0 Å². The van der Waals surface area contributed by atoms with E-state index in [0.29, 0.717) is 17.5 Å². The number of aromatic nitrogens is 2. The fraction of sp³-hybridized carbons (Fsp3) is 0.227. The summed E-state index contributed by atoms with van der Waals surface area (Å²) < 4.78 is 13.9. The maximum atomic E-state index is 13.9. The molecule has 0 radical (unpaired) electrons. The SMILES string of the molecule is CN(C)CCCNc1nc(Nc2cccc(F)c2C#N)cc(-c2ccccc2)n1. The Kier molecular flexibility index (Phi) is 6.72. The van der Waals surface area contributed by atoms with Gasteiger partial charge in [-0.15, -0.1) is 0 Å². The predicted molar refractivity (Wildman–Crippen MR) is 114 cm³/mol. The summed E-state index contributed by atoms with van der Waals surface area (Å²) in [6.45, 7) is 1.67. The summed E-state index contributed by atoms with van der Waals surface area (Å²) in [6.07, 6.45) is 0.942. The molecule has 0 unspecified atom stereocenters. The van der Waals surface area contributed by atoms with Gasteiger partial charge < -0.3 is 15.5 Å². The number of nitriles is 1. The number of hydrogen-bond donors (Lipinski definition) is 2. The summed E-state index contributed by atoms with van der Waals surface area (Å²) in [5.74, 6) is 0.385. The van der Waals surface area contributed by atoms with Gasteiger partial charge in [0, 0.05) is 18.2 Å². The molecule has 1 aromatic heterocycles. The van der Waals surface area contributed by atoms with Crippen molar-refractivity contribution in [2.75, 3.05) is 37.8 Å². The standard InChI is InChI=1S/C22H23FN6/c1-29(2)13-7-12-25-22-27-20(16-8-4-3-5-9-16)14-21(28-22)26-19-11-6-10-18(23)17(19)15-24/h3-6,8-11,14H,7,12-13H2,1-2H3,(H2,25,26,27,28). The van der Waals surface area contributed by atoms with Crippen LogP contribution < -0.4 is 10.6 Å². The average molecular weight is 390 g/mol. The van der Waals surface area contributed by atoms with Crippen LogP contribution in [0.25, 0.3) is 11.3 Å². The van der Waals surface area contributed by atoms with E-state index >= 15 is 0 Å². The molecular weight excluding hydrogens is 367 g/mol. The number of halogens is 1. The van der Waals surface area contributed by atoms with E-state index in [2.05, 4.69) is 25.5 Å². The lowest BCUT2D eigenvalue weighted by atomic mass is 10.1. The summed E-state index contributed by atoms with van der Waals surface area (Å²) in [6, 6.07) is 17.9. The second-order valence-corrected chi connectivity index (χ2v) is 6.81. The molecule has 1 heterocycles. The molecule has 7 heteroatoms. The third-order valence-corrected chi connectivity index (χ3v) is 4.25. The molecule has 0 amide bonds. The van der Waals surface area contributed by atoms with Crippen molar-refractivity contribution in [3.63, 3.8) is 0 Å². The summed E-state index contributed by atoms with van der Waals surface area (Å²) in [7, 11) is 4.06. The van der Waals surface area contributed by atoms with Gasteiger partial charge in [-0.05, 0) is 39.2 Å². The first-order chi connectivity index (χ1) is 14.1. The van der Waals surface area contributed by atoms with Crippen LogP contribution in [-0.4, -0.2) is 42.1 Å². The van der Waals surface area contributed by atoms with E-state index in [4.69, 9.17) is 0 Å². The molecule has 3 aromatic rings. The minimum Gasteiger partial charge on any atom is -0.354 e. The molecule has 2 N–H and O–H groups in total. The number of benzene rings is 2. The van der Waals surface area contributed by atoms with Crippen molar-refractivity contribution in [1.29, 1.82) is 5.26 Å². The maximum Gasteiger partial charge on any atom is 0.225 e. The van der Waals surface area contributed by atoms with Gasteiger partial charge in [-0.2, -0.15) is 10.2 Å². The minimum atomic E-state index is -0.572. The average Bonchev–Trinajstić information content (AvgIpc) is 2.72. The zero-order chi connectivity index (χ0) is 20.6. The molecule has 0 atom stereocenters. The van der Waals surface area contributed by atoms with Crippen molar-refractivity contribution in [3.05, 3.63) is 66.0 Å². The van der Waals surface area contributed by atoms with E-state index in [9.17, 15) is 9.65 Å². The van der Waals surface area contributed by atoms with Crippen LogP contribution in [0.15, 0.2) is 54.6 Å². The highest BCUT2D eigenvalue weighted by Crippen LogP contribution is 2.26. The van der Waals surface area contributed by atoms with Crippen molar-refractivity contribution in [2.24, 2.45) is 0 Å². The van der Waals surface area contributed by atoms with Gasteiger partial charge >= 0.3 is 0 Å². The Labute approximate surface area is 170 Å². The summed E-state index contributed by atoms with van der Waals surface area (Å²) in [5, 5.41) is 15.6. The molecule has 0 saturated carbocycles. The normalized spacial score (nSPS) is 10.6. The largest absolute Gasteiger partial charge is 0.354 e. The topological polar surface area (TPSA) is 76.9 Å². The van der Waals surface area contributed by atoms with E-state index in [0.717, 1.165) is 30.8 Å². The number of anilines is 3. The molecule has 29 heavy (non-hydrogen) atoms. The van der Waals surface area contributed by atoms with Gasteiger partial charge in [-0.1, -0.05) is 36.4 Å². The molecule has 0 aliphatic rings. The molecule has 2 aromatic carbocycles. The van der Waals surface area contributed by atoms with Gasteiger partial charge in [0.05, 0.1) is 11.4 Å². The molecule has 0 fully saturated rings. The highest BCUT2D eigenvalue weighted by Gasteiger charge is 2.11. The Morgan fingerprint density at radius 1 is 1.07 bits per heavy atom. The Bertz CT molecular complexity index is 998. The van der Waals surface area contributed by atoms with Crippen molar-refractivity contribution >= 4 is 17.5 Å². The monoisotopic (exact) mass is 390 g/mol. The second kappa shape index (κ2) is 9.62. The first-order valence-corrected chi connectivity index (χ1v) is 9.35. The van der Waals surface area contributed by atoms with Crippen LogP contribution in [0.2, 0.25) is 0 Å². The van der Waals surface area contributed by atoms with Crippen molar-refractivity contribution in [1.82, 2.24) is 14.9 Å². The van der Waals surface area contributed by atoms with Crippen LogP contribution in [0.1, 0.15) is 12.0 Å². The Balaban J connectivity index is 1.90. The minimum absolute atomic E-state index is 0.0483. The third-order valence-electron chi connectivity index (χ3n) is 4.25. The van der Waals surface area contributed by atoms with E-state index in [1.807, 2.05) is 50.5 Å². The number of hydrogen-bond acceptors (Lipinski definition) is 6. The molecule has 3 rings (SSSR count). The molecule has 0 aliphatic heterocycles. The van der Waals surface area contributed by atoms with Crippen LogP contribution in [0.3, 0.4) is 0 Å². The van der Waals surface area contributed by atoms with Gasteiger partial charge in [-0.25, -0.2) is 9.37 Å². The van der Waals surface area contributed by atoms with Crippen molar-refractivity contribution in [2.45, 2.75) is 6.42 Å². The first kappa shape index (κ1) is 20.2. The van der Waals surface area contributed by atoms with Crippen LogP contribution in [0.4, 0.5) is 21.8 Å². The molecular formula is C22H23FN6. The summed E-state index contributed by atoms with van der Waals surface area (Å²) >= 11 is 0. The quantitative estimate of drug-likeness (QED) is 0.560. The van der Waals surface area contributed by atoms with Crippen LogP contribution in [0, 0.1) is 17.1 Å². The predicted octanol–water partition coefficient (Wildman–Crippen LogP) is 4.26. The molecule has 0 bridgehead atoms. The van der Waals surface area contributed by atoms with Crippen molar-refractivity contribution < 1.29 is 4.39 Å². The zero-order valence-electron chi connectivity index (χ0n) is 16.5. The number of rotatable bonds is 8. The molecule has 6 nitrogen and oxygen atoms in total. The van der Waals surface area contributed by atoms with Crippen LogP contribution in [-0.2, 0) is 0 Å². The highest BCUT2D eigenvalue weighted by molar-refractivity contribution is 5.70. The molecule has 0 aliphatic carbocycles. The summed E-state index contributed by atoms with van der Waals surface area (Å²) in [4.78, 5) is 11.2. The lowest BCUT2D eigenvalue weighted by molar-refractivity contribution is 0.405. The summed E-state index contributed by atoms with van der Waals surface area (Å²) in [5.41, 5.74) is 1.98. The van der Waals surface area contributed by atoms with E-state index in [-0.39, 0.29) is 5.56 Å². The number of nitrogens with one attached hydrogen (secondary N) is 2. The smallest absolute Gasteiger partial charge is 0.225 e. The maximum absolute atomic E-state index is 13.9. The van der Waals surface area contributed by atoms with E-state index in [1.165, 1.54) is 6.07 Å². The fourth-order valence-corrected chi connectivity index (χ4v) is 2.82. The Hall–Kier alpha value is -3.50.